The van der Waals surface area contributed by atoms with E-state index < -0.39 is 0 Å². The Bertz CT molecular complexity index is 226. The highest BCUT2D eigenvalue weighted by Crippen LogP contribution is 2.18. The molecule has 0 spiro atoms. The molecule has 0 saturated carbocycles. The Labute approximate surface area is 86.0 Å². The van der Waals surface area contributed by atoms with Crippen LogP contribution in [0.2, 0.25) is 0 Å². The molecule has 2 atom stereocenters. The van der Waals surface area contributed by atoms with Crippen LogP contribution in [0.15, 0.2) is 24.4 Å². The van der Waals surface area contributed by atoms with E-state index in [0.717, 1.165) is 12.1 Å². The lowest BCUT2D eigenvalue weighted by Gasteiger charge is -2.16. The van der Waals surface area contributed by atoms with Crippen LogP contribution < -0.4 is 5.73 Å². The molecule has 1 heterocycles. The summed E-state index contributed by atoms with van der Waals surface area (Å²) in [5, 5.41) is 0. The molecule has 13 heavy (non-hydrogen) atoms. The third-order valence-electron chi connectivity index (χ3n) is 2.29. The van der Waals surface area contributed by atoms with Gasteiger partial charge in [-0.3, -0.25) is 4.98 Å². The van der Waals surface area contributed by atoms with E-state index in [0.29, 0.717) is 5.92 Å². The highest BCUT2D eigenvalue weighted by atomic mass is 35.5. The van der Waals surface area contributed by atoms with Gasteiger partial charge >= 0.3 is 0 Å². The Morgan fingerprint density at radius 1 is 1.46 bits per heavy atom. The van der Waals surface area contributed by atoms with E-state index >= 15 is 0 Å². The Balaban J connectivity index is 0.00000144. The maximum Gasteiger partial charge on any atom is 0.0573 e. The van der Waals surface area contributed by atoms with Crippen LogP contribution in [0.25, 0.3) is 0 Å². The summed E-state index contributed by atoms with van der Waals surface area (Å²) in [6, 6.07) is 5.95. The smallest absolute Gasteiger partial charge is 0.0573 e. The number of nitrogens with two attached hydrogens (primary N) is 1. The van der Waals surface area contributed by atoms with Crippen LogP contribution in [-0.2, 0) is 0 Å². The fourth-order valence-corrected chi connectivity index (χ4v) is 1.12. The van der Waals surface area contributed by atoms with Crippen LogP contribution in [0.3, 0.4) is 0 Å². The van der Waals surface area contributed by atoms with Gasteiger partial charge in [-0.15, -0.1) is 12.4 Å². The van der Waals surface area contributed by atoms with Gasteiger partial charge in [0, 0.05) is 12.2 Å². The zero-order valence-corrected chi connectivity index (χ0v) is 8.92. The molecule has 1 aromatic heterocycles. The SMILES string of the molecule is CCC(C)[C@H](N)c1ccccn1.Cl. The lowest BCUT2D eigenvalue weighted by Crippen LogP contribution is -2.19. The number of pyridine rings is 1. The summed E-state index contributed by atoms with van der Waals surface area (Å²) in [4.78, 5) is 4.22. The van der Waals surface area contributed by atoms with Crippen molar-refractivity contribution < 1.29 is 0 Å². The van der Waals surface area contributed by atoms with Crippen molar-refractivity contribution in [2.24, 2.45) is 11.7 Å². The fourth-order valence-electron chi connectivity index (χ4n) is 1.12. The van der Waals surface area contributed by atoms with Gasteiger partial charge in [0.15, 0.2) is 0 Å². The minimum Gasteiger partial charge on any atom is -0.322 e. The predicted octanol–water partition coefficient (Wildman–Crippen LogP) is 2.55. The Kier molecular flexibility index (Phi) is 5.67. The van der Waals surface area contributed by atoms with Crippen LogP contribution >= 0.6 is 12.4 Å². The minimum absolute atomic E-state index is 0. The molecule has 1 aromatic rings. The highest BCUT2D eigenvalue weighted by Gasteiger charge is 2.12. The molecule has 2 nitrogen and oxygen atoms in total. The molecule has 0 aliphatic carbocycles. The fraction of sp³-hybridized carbons (Fsp3) is 0.500. The number of hydrogen-bond donors (Lipinski definition) is 1. The minimum atomic E-state index is 0. The van der Waals surface area contributed by atoms with E-state index in [1.165, 1.54) is 0 Å². The molecule has 1 unspecified atom stereocenters. The number of nitrogens with zero attached hydrogens (tertiary/aromatic N) is 1. The summed E-state index contributed by atoms with van der Waals surface area (Å²) in [7, 11) is 0. The average Bonchev–Trinajstić information content (AvgIpc) is 2.17. The Morgan fingerprint density at radius 3 is 2.62 bits per heavy atom. The number of hydrogen-bond acceptors (Lipinski definition) is 2. The molecule has 3 heteroatoms. The summed E-state index contributed by atoms with van der Waals surface area (Å²) < 4.78 is 0. The van der Waals surface area contributed by atoms with E-state index in [2.05, 4.69) is 18.8 Å². The molecular weight excluding hydrogens is 184 g/mol. The molecular formula is C10H17ClN2. The first-order valence-corrected chi connectivity index (χ1v) is 4.42. The van der Waals surface area contributed by atoms with Crippen molar-refractivity contribution >= 4 is 12.4 Å². The van der Waals surface area contributed by atoms with Gasteiger partial charge in [0.2, 0.25) is 0 Å². The monoisotopic (exact) mass is 200 g/mol. The van der Waals surface area contributed by atoms with E-state index in [1.807, 2.05) is 18.2 Å². The molecule has 0 radical (unpaired) electrons. The van der Waals surface area contributed by atoms with E-state index in [1.54, 1.807) is 6.20 Å². The first-order chi connectivity index (χ1) is 5.75. The van der Waals surface area contributed by atoms with Crippen LogP contribution in [0.4, 0.5) is 0 Å². The summed E-state index contributed by atoms with van der Waals surface area (Å²) in [6.07, 6.45) is 2.88. The molecule has 0 amide bonds. The van der Waals surface area contributed by atoms with Gasteiger partial charge in [-0.25, -0.2) is 0 Å². The van der Waals surface area contributed by atoms with Gasteiger partial charge < -0.3 is 5.73 Å². The summed E-state index contributed by atoms with van der Waals surface area (Å²) in [6.45, 7) is 4.30. The third-order valence-corrected chi connectivity index (χ3v) is 2.29. The molecule has 2 N–H and O–H groups in total. The van der Waals surface area contributed by atoms with E-state index in [-0.39, 0.29) is 18.4 Å². The lowest BCUT2D eigenvalue weighted by atomic mass is 9.97. The number of rotatable bonds is 3. The Morgan fingerprint density at radius 2 is 2.15 bits per heavy atom. The summed E-state index contributed by atoms with van der Waals surface area (Å²) in [5.74, 6) is 0.500. The molecule has 0 saturated heterocycles. The largest absolute Gasteiger partial charge is 0.322 e. The second-order valence-corrected chi connectivity index (χ2v) is 3.17. The molecule has 0 aliphatic heterocycles. The highest BCUT2D eigenvalue weighted by molar-refractivity contribution is 5.85. The standard InChI is InChI=1S/C10H16N2.ClH/c1-3-8(2)10(11)9-6-4-5-7-12-9;/h4-8,10H,3,11H2,1-2H3;1H/t8?,10-;/m0./s1. The zero-order chi connectivity index (χ0) is 8.97. The first-order valence-electron chi connectivity index (χ1n) is 4.42. The van der Waals surface area contributed by atoms with Crippen LogP contribution in [0.1, 0.15) is 32.0 Å². The molecule has 0 fully saturated rings. The van der Waals surface area contributed by atoms with Crippen molar-refractivity contribution in [2.45, 2.75) is 26.3 Å². The van der Waals surface area contributed by atoms with Gasteiger partial charge in [0.1, 0.15) is 0 Å². The van der Waals surface area contributed by atoms with Gasteiger partial charge in [0.25, 0.3) is 0 Å². The number of halogens is 1. The maximum atomic E-state index is 5.99. The van der Waals surface area contributed by atoms with Crippen molar-refractivity contribution in [1.82, 2.24) is 4.98 Å². The van der Waals surface area contributed by atoms with Crippen molar-refractivity contribution in [3.8, 4) is 0 Å². The number of aromatic nitrogens is 1. The maximum absolute atomic E-state index is 5.99. The van der Waals surface area contributed by atoms with E-state index in [9.17, 15) is 0 Å². The molecule has 0 aromatic carbocycles. The zero-order valence-electron chi connectivity index (χ0n) is 8.10. The second kappa shape index (κ2) is 5.95. The van der Waals surface area contributed by atoms with Crippen LogP contribution in [0.5, 0.6) is 0 Å². The molecule has 1 rings (SSSR count). The van der Waals surface area contributed by atoms with Gasteiger partial charge in [-0.05, 0) is 18.1 Å². The molecule has 0 bridgehead atoms. The van der Waals surface area contributed by atoms with Crippen LogP contribution in [0, 0.1) is 5.92 Å². The van der Waals surface area contributed by atoms with Gasteiger partial charge in [-0.1, -0.05) is 26.3 Å². The topological polar surface area (TPSA) is 38.9 Å². The van der Waals surface area contributed by atoms with Crippen molar-refractivity contribution in [2.75, 3.05) is 0 Å². The quantitative estimate of drug-likeness (QED) is 0.815. The summed E-state index contributed by atoms with van der Waals surface area (Å²) >= 11 is 0. The second-order valence-electron chi connectivity index (χ2n) is 3.17. The Hall–Kier alpha value is -0.600. The molecule has 0 aliphatic rings. The van der Waals surface area contributed by atoms with Crippen molar-refractivity contribution in [3.05, 3.63) is 30.1 Å². The van der Waals surface area contributed by atoms with Gasteiger partial charge in [-0.2, -0.15) is 0 Å². The summed E-state index contributed by atoms with van der Waals surface area (Å²) in [5.41, 5.74) is 6.98. The normalized spacial score (nSPS) is 14.4. The van der Waals surface area contributed by atoms with E-state index in [4.69, 9.17) is 5.73 Å². The molecule has 74 valence electrons. The average molecular weight is 201 g/mol. The van der Waals surface area contributed by atoms with Crippen molar-refractivity contribution in [1.29, 1.82) is 0 Å². The van der Waals surface area contributed by atoms with Crippen LogP contribution in [-0.4, -0.2) is 4.98 Å². The third kappa shape index (κ3) is 3.33. The van der Waals surface area contributed by atoms with Crippen molar-refractivity contribution in [3.63, 3.8) is 0 Å². The lowest BCUT2D eigenvalue weighted by molar-refractivity contribution is 0.448. The van der Waals surface area contributed by atoms with Gasteiger partial charge in [0.05, 0.1) is 5.69 Å². The predicted molar refractivity (Wildman–Crippen MR) is 57.9 cm³/mol. The first kappa shape index (κ1) is 12.4.